The van der Waals surface area contributed by atoms with Crippen LogP contribution in [-0.4, -0.2) is 36.7 Å². The molecule has 1 saturated carbocycles. The number of hydrogen-bond acceptors (Lipinski definition) is 5. The van der Waals surface area contributed by atoms with Crippen LogP contribution >= 0.6 is 11.3 Å². The van der Waals surface area contributed by atoms with Gasteiger partial charge in [0.1, 0.15) is 11.1 Å². The SMILES string of the molecule is Cc1csc(C2(NC(=O)C3CNCCO3)CCC2)n1. The molecule has 2 heterocycles. The summed E-state index contributed by atoms with van der Waals surface area (Å²) >= 11 is 1.64. The highest BCUT2D eigenvalue weighted by molar-refractivity contribution is 7.09. The minimum absolute atomic E-state index is 0.0141. The summed E-state index contributed by atoms with van der Waals surface area (Å²) in [6.07, 6.45) is 2.73. The first-order chi connectivity index (χ1) is 9.20. The van der Waals surface area contributed by atoms with Gasteiger partial charge in [-0.2, -0.15) is 0 Å². The molecular formula is C13H19N3O2S. The molecule has 104 valence electrons. The molecule has 1 aromatic rings. The summed E-state index contributed by atoms with van der Waals surface area (Å²) in [5.41, 5.74) is 0.785. The third-order valence-electron chi connectivity index (χ3n) is 3.82. The summed E-state index contributed by atoms with van der Waals surface area (Å²) in [5.74, 6) is -0.0141. The standard InChI is InChI=1S/C13H19N3O2S/c1-9-8-19-12(15-9)13(3-2-4-13)16-11(17)10-7-14-5-6-18-10/h8,10,14H,2-7H2,1H3,(H,16,17). The molecule has 6 heteroatoms. The number of morpholine rings is 1. The first-order valence-electron chi connectivity index (χ1n) is 6.77. The molecule has 19 heavy (non-hydrogen) atoms. The molecule has 1 atom stereocenters. The number of ether oxygens (including phenoxy) is 1. The van der Waals surface area contributed by atoms with Gasteiger partial charge in [-0.05, 0) is 26.2 Å². The maximum Gasteiger partial charge on any atom is 0.251 e. The van der Waals surface area contributed by atoms with Crippen molar-refractivity contribution < 1.29 is 9.53 Å². The van der Waals surface area contributed by atoms with Crippen LogP contribution in [-0.2, 0) is 15.1 Å². The topological polar surface area (TPSA) is 63.2 Å². The Morgan fingerprint density at radius 3 is 3.00 bits per heavy atom. The van der Waals surface area contributed by atoms with Gasteiger partial charge in [0.15, 0.2) is 0 Å². The summed E-state index contributed by atoms with van der Waals surface area (Å²) in [5, 5.41) is 9.43. The molecule has 0 radical (unpaired) electrons. The molecule has 1 unspecified atom stereocenters. The zero-order valence-corrected chi connectivity index (χ0v) is 11.9. The van der Waals surface area contributed by atoms with E-state index in [0.717, 1.165) is 36.5 Å². The van der Waals surface area contributed by atoms with Crippen molar-refractivity contribution in [2.75, 3.05) is 19.7 Å². The monoisotopic (exact) mass is 281 g/mol. The van der Waals surface area contributed by atoms with E-state index in [4.69, 9.17) is 4.74 Å². The van der Waals surface area contributed by atoms with Crippen molar-refractivity contribution in [3.8, 4) is 0 Å². The smallest absolute Gasteiger partial charge is 0.251 e. The fourth-order valence-electron chi connectivity index (χ4n) is 2.55. The average Bonchev–Trinajstić information content (AvgIpc) is 2.81. The fourth-order valence-corrected chi connectivity index (χ4v) is 3.56. The van der Waals surface area contributed by atoms with Gasteiger partial charge in [0.05, 0.1) is 12.1 Å². The highest BCUT2D eigenvalue weighted by Crippen LogP contribution is 2.42. The van der Waals surface area contributed by atoms with E-state index in [1.165, 1.54) is 0 Å². The maximum absolute atomic E-state index is 12.3. The lowest BCUT2D eigenvalue weighted by Gasteiger charge is -2.41. The summed E-state index contributed by atoms with van der Waals surface area (Å²) in [4.78, 5) is 16.8. The number of aryl methyl sites for hydroxylation is 1. The lowest BCUT2D eigenvalue weighted by Crippen LogP contribution is -2.56. The fraction of sp³-hybridized carbons (Fsp3) is 0.692. The molecule has 1 aromatic heterocycles. The molecule has 1 amide bonds. The molecule has 1 aliphatic carbocycles. The Kier molecular flexibility index (Phi) is 3.56. The van der Waals surface area contributed by atoms with Gasteiger partial charge in [-0.15, -0.1) is 11.3 Å². The minimum atomic E-state index is -0.368. The van der Waals surface area contributed by atoms with E-state index < -0.39 is 0 Å². The van der Waals surface area contributed by atoms with Gasteiger partial charge >= 0.3 is 0 Å². The summed E-state index contributed by atoms with van der Waals surface area (Å²) in [6.45, 7) is 4.00. The number of nitrogens with zero attached hydrogens (tertiary/aromatic N) is 1. The predicted octanol–water partition coefficient (Wildman–Crippen LogP) is 0.935. The minimum Gasteiger partial charge on any atom is -0.366 e. The zero-order chi connectivity index (χ0) is 13.3. The summed E-state index contributed by atoms with van der Waals surface area (Å²) in [6, 6.07) is 0. The molecule has 0 bridgehead atoms. The number of aromatic nitrogens is 1. The van der Waals surface area contributed by atoms with Crippen LogP contribution in [0.25, 0.3) is 0 Å². The molecular weight excluding hydrogens is 262 g/mol. The molecule has 1 aliphatic heterocycles. The van der Waals surface area contributed by atoms with Crippen LogP contribution in [0.3, 0.4) is 0 Å². The van der Waals surface area contributed by atoms with E-state index in [0.29, 0.717) is 13.2 Å². The van der Waals surface area contributed by atoms with E-state index in [-0.39, 0.29) is 17.6 Å². The highest BCUT2D eigenvalue weighted by Gasteiger charge is 2.43. The third-order valence-corrected chi connectivity index (χ3v) is 4.98. The number of carbonyl (C=O) groups is 1. The number of hydrogen-bond donors (Lipinski definition) is 2. The molecule has 2 N–H and O–H groups in total. The van der Waals surface area contributed by atoms with Gasteiger partial charge in [0.2, 0.25) is 0 Å². The van der Waals surface area contributed by atoms with E-state index in [1.54, 1.807) is 11.3 Å². The number of thiazole rings is 1. The molecule has 0 aromatic carbocycles. The number of nitrogens with one attached hydrogen (secondary N) is 2. The first kappa shape index (κ1) is 13.0. The van der Waals surface area contributed by atoms with Crippen LogP contribution in [0, 0.1) is 6.92 Å². The molecule has 2 aliphatic rings. The van der Waals surface area contributed by atoms with Crippen molar-refractivity contribution in [2.24, 2.45) is 0 Å². The normalized spacial score (nSPS) is 25.6. The Morgan fingerprint density at radius 2 is 2.47 bits per heavy atom. The molecule has 1 saturated heterocycles. The number of rotatable bonds is 3. The Labute approximate surface area is 116 Å². The lowest BCUT2D eigenvalue weighted by atomic mass is 9.77. The summed E-state index contributed by atoms with van der Waals surface area (Å²) < 4.78 is 5.50. The number of amides is 1. The molecule has 5 nitrogen and oxygen atoms in total. The highest BCUT2D eigenvalue weighted by atomic mass is 32.1. The van der Waals surface area contributed by atoms with Crippen molar-refractivity contribution in [1.82, 2.24) is 15.6 Å². The zero-order valence-electron chi connectivity index (χ0n) is 11.1. The van der Waals surface area contributed by atoms with E-state index in [1.807, 2.05) is 12.3 Å². The van der Waals surface area contributed by atoms with Crippen LogP contribution in [0.5, 0.6) is 0 Å². The second-order valence-electron chi connectivity index (χ2n) is 5.28. The molecule has 3 rings (SSSR count). The van der Waals surface area contributed by atoms with Crippen LogP contribution in [0.1, 0.15) is 30.0 Å². The Hall–Kier alpha value is -0.980. The molecule has 0 spiro atoms. The number of carbonyl (C=O) groups excluding carboxylic acids is 1. The Balaban J connectivity index is 1.71. The largest absolute Gasteiger partial charge is 0.366 e. The van der Waals surface area contributed by atoms with Crippen LogP contribution in [0.4, 0.5) is 0 Å². The quantitative estimate of drug-likeness (QED) is 0.865. The van der Waals surface area contributed by atoms with Gasteiger partial charge in [0, 0.05) is 24.2 Å². The van der Waals surface area contributed by atoms with Crippen LogP contribution in [0.2, 0.25) is 0 Å². The van der Waals surface area contributed by atoms with Crippen molar-refractivity contribution in [3.05, 3.63) is 16.1 Å². The third kappa shape index (κ3) is 2.52. The van der Waals surface area contributed by atoms with Crippen LogP contribution in [0.15, 0.2) is 5.38 Å². The van der Waals surface area contributed by atoms with E-state index >= 15 is 0 Å². The van der Waals surface area contributed by atoms with Gasteiger partial charge in [-0.3, -0.25) is 4.79 Å². The van der Waals surface area contributed by atoms with Gasteiger partial charge in [-0.1, -0.05) is 0 Å². The lowest BCUT2D eigenvalue weighted by molar-refractivity contribution is -0.137. The van der Waals surface area contributed by atoms with E-state index in [2.05, 4.69) is 15.6 Å². The predicted molar refractivity (Wildman–Crippen MR) is 73.1 cm³/mol. The van der Waals surface area contributed by atoms with Crippen molar-refractivity contribution >= 4 is 17.2 Å². The van der Waals surface area contributed by atoms with Crippen molar-refractivity contribution in [1.29, 1.82) is 0 Å². The van der Waals surface area contributed by atoms with Crippen molar-refractivity contribution in [2.45, 2.75) is 37.8 Å². The van der Waals surface area contributed by atoms with Gasteiger partial charge in [-0.25, -0.2) is 4.98 Å². The second-order valence-corrected chi connectivity index (χ2v) is 6.14. The summed E-state index contributed by atoms with van der Waals surface area (Å²) in [7, 11) is 0. The first-order valence-corrected chi connectivity index (χ1v) is 7.65. The van der Waals surface area contributed by atoms with Gasteiger partial charge < -0.3 is 15.4 Å². The second kappa shape index (κ2) is 5.19. The van der Waals surface area contributed by atoms with Crippen LogP contribution < -0.4 is 10.6 Å². The van der Waals surface area contributed by atoms with Gasteiger partial charge in [0.25, 0.3) is 5.91 Å². The molecule has 2 fully saturated rings. The Bertz CT molecular complexity index is 464. The Morgan fingerprint density at radius 1 is 1.63 bits per heavy atom. The van der Waals surface area contributed by atoms with E-state index in [9.17, 15) is 4.79 Å². The van der Waals surface area contributed by atoms with Crippen molar-refractivity contribution in [3.63, 3.8) is 0 Å². The maximum atomic E-state index is 12.3. The average molecular weight is 281 g/mol.